The topological polar surface area (TPSA) is 51.2 Å². The Hall–Kier alpha value is -2.39. The highest BCUT2D eigenvalue weighted by atomic mass is 127. The van der Waals surface area contributed by atoms with E-state index in [0.717, 1.165) is 58.2 Å². The Bertz CT molecular complexity index is 970. The maximum Gasteiger partial charge on any atom is 0.222 e. The zero-order valence-electron chi connectivity index (χ0n) is 20.0. The van der Waals surface area contributed by atoms with Crippen molar-refractivity contribution in [3.8, 4) is 0 Å². The molecular weight excluding hydrogens is 537 g/mol. The third-order valence-corrected chi connectivity index (χ3v) is 6.34. The van der Waals surface area contributed by atoms with Gasteiger partial charge in [0.25, 0.3) is 0 Å². The molecule has 2 aromatic rings. The lowest BCUT2D eigenvalue weighted by atomic mass is 10.1. The number of hydrogen-bond acceptors (Lipinski definition) is 3. The molecule has 2 saturated heterocycles. The van der Waals surface area contributed by atoms with E-state index in [-0.39, 0.29) is 29.9 Å². The van der Waals surface area contributed by atoms with Crippen LogP contribution >= 0.6 is 24.0 Å². The van der Waals surface area contributed by atoms with Crippen molar-refractivity contribution in [3.63, 3.8) is 0 Å². The van der Waals surface area contributed by atoms with Crippen molar-refractivity contribution in [3.05, 3.63) is 77.4 Å². The Kier molecular flexibility index (Phi) is 10.4. The van der Waals surface area contributed by atoms with E-state index in [4.69, 9.17) is 0 Å². The summed E-state index contributed by atoms with van der Waals surface area (Å²) in [6.07, 6.45) is 6.11. The fourth-order valence-electron chi connectivity index (χ4n) is 4.49. The Balaban J connectivity index is 0.00000324. The van der Waals surface area contributed by atoms with Crippen LogP contribution in [0, 0.1) is 0 Å². The molecule has 0 aliphatic carbocycles. The molecule has 0 atom stereocenters. The quantitative estimate of drug-likeness (QED) is 0.311. The number of amides is 1. The fraction of sp³-hybridized carbons (Fsp3) is 0.407. The van der Waals surface area contributed by atoms with Gasteiger partial charge in [0, 0.05) is 65.8 Å². The van der Waals surface area contributed by atoms with Crippen LogP contribution in [-0.2, 0) is 17.9 Å². The zero-order valence-corrected chi connectivity index (χ0v) is 22.4. The van der Waals surface area contributed by atoms with Gasteiger partial charge in [-0.25, -0.2) is 0 Å². The van der Waals surface area contributed by atoms with Crippen molar-refractivity contribution in [1.29, 1.82) is 0 Å². The normalized spacial score (nSPS) is 17.3. The molecule has 2 fully saturated rings. The van der Waals surface area contributed by atoms with E-state index in [1.54, 1.807) is 0 Å². The highest BCUT2D eigenvalue weighted by Gasteiger charge is 2.20. The van der Waals surface area contributed by atoms with Crippen LogP contribution < -0.4 is 5.32 Å². The van der Waals surface area contributed by atoms with Crippen LogP contribution in [0.25, 0.3) is 6.08 Å². The van der Waals surface area contributed by atoms with Crippen LogP contribution in [0.15, 0.2) is 65.7 Å². The minimum atomic E-state index is 0. The summed E-state index contributed by atoms with van der Waals surface area (Å²) in [6.45, 7) is 7.28. The number of likely N-dealkylation sites (tertiary alicyclic amines) is 1. The number of benzene rings is 2. The highest BCUT2D eigenvalue weighted by Crippen LogP contribution is 2.15. The summed E-state index contributed by atoms with van der Waals surface area (Å²) in [4.78, 5) is 23.2. The number of carbonyl (C=O) groups excluding carboxylic acids is 1. The number of aliphatic imine (C=N–C) groups is 1. The van der Waals surface area contributed by atoms with Crippen LogP contribution in [0.3, 0.4) is 0 Å². The van der Waals surface area contributed by atoms with Crippen LogP contribution in [0.4, 0.5) is 0 Å². The maximum absolute atomic E-state index is 11.9. The number of rotatable bonds is 7. The number of guanidine groups is 1. The summed E-state index contributed by atoms with van der Waals surface area (Å²) < 4.78 is 0. The van der Waals surface area contributed by atoms with Crippen LogP contribution in [0.1, 0.15) is 29.5 Å². The van der Waals surface area contributed by atoms with Crippen molar-refractivity contribution in [2.24, 2.45) is 4.99 Å². The molecule has 0 bridgehead atoms. The smallest absolute Gasteiger partial charge is 0.222 e. The van der Waals surface area contributed by atoms with Crippen molar-refractivity contribution >= 4 is 41.9 Å². The molecule has 6 nitrogen and oxygen atoms in total. The molecule has 0 aromatic heterocycles. The van der Waals surface area contributed by atoms with E-state index in [1.807, 2.05) is 18.0 Å². The SMILES string of the molecule is CN=C(NCc1cccc(CN2CCCC2=O)c1)N1CCN(C/C=C/c2ccccc2)CC1.I. The summed E-state index contributed by atoms with van der Waals surface area (Å²) in [5, 5.41) is 3.53. The molecule has 7 heteroatoms. The van der Waals surface area contributed by atoms with Crippen molar-refractivity contribution in [2.75, 3.05) is 46.3 Å². The van der Waals surface area contributed by atoms with Crippen molar-refractivity contribution in [2.45, 2.75) is 25.9 Å². The standard InChI is InChI=1S/C27H35N5O.HI/c1-28-27(29-21-24-10-5-11-25(20-24)22-32-15-7-13-26(32)33)31-18-16-30(17-19-31)14-6-12-23-8-3-2-4-9-23;/h2-6,8-12,20H,7,13-19,21-22H2,1H3,(H,28,29);1H/b12-6+;. The molecule has 1 amide bonds. The molecule has 2 aromatic carbocycles. The first-order chi connectivity index (χ1) is 16.2. The van der Waals surface area contributed by atoms with Gasteiger partial charge < -0.3 is 15.1 Å². The minimum absolute atomic E-state index is 0. The average Bonchev–Trinajstić information content (AvgIpc) is 3.25. The van der Waals surface area contributed by atoms with Gasteiger partial charge in [-0.15, -0.1) is 24.0 Å². The van der Waals surface area contributed by atoms with Gasteiger partial charge in [-0.3, -0.25) is 14.7 Å². The third-order valence-electron chi connectivity index (χ3n) is 6.34. The van der Waals surface area contributed by atoms with Gasteiger partial charge in [0.1, 0.15) is 0 Å². The van der Waals surface area contributed by atoms with Crippen LogP contribution in [0.5, 0.6) is 0 Å². The minimum Gasteiger partial charge on any atom is -0.352 e. The monoisotopic (exact) mass is 573 g/mol. The van der Waals surface area contributed by atoms with E-state index in [0.29, 0.717) is 13.0 Å². The van der Waals surface area contributed by atoms with E-state index >= 15 is 0 Å². The first kappa shape index (κ1) is 26.2. The van der Waals surface area contributed by atoms with E-state index < -0.39 is 0 Å². The molecule has 0 radical (unpaired) electrons. The predicted octanol–water partition coefficient (Wildman–Crippen LogP) is 3.83. The largest absolute Gasteiger partial charge is 0.352 e. The third kappa shape index (κ3) is 7.56. The number of nitrogens with one attached hydrogen (secondary N) is 1. The Labute approximate surface area is 220 Å². The van der Waals surface area contributed by atoms with Gasteiger partial charge in [-0.05, 0) is 23.1 Å². The Morgan fingerprint density at radius 3 is 2.47 bits per heavy atom. The van der Waals surface area contributed by atoms with Gasteiger partial charge >= 0.3 is 0 Å². The molecule has 0 saturated carbocycles. The lowest BCUT2D eigenvalue weighted by Gasteiger charge is -2.36. The first-order valence-electron chi connectivity index (χ1n) is 12.0. The summed E-state index contributed by atoms with van der Waals surface area (Å²) >= 11 is 0. The maximum atomic E-state index is 11.9. The zero-order chi connectivity index (χ0) is 22.9. The second kappa shape index (κ2) is 13.5. The molecule has 2 aliphatic rings. The predicted molar refractivity (Wildman–Crippen MR) is 150 cm³/mol. The van der Waals surface area contributed by atoms with E-state index in [9.17, 15) is 4.79 Å². The van der Waals surface area contributed by atoms with Crippen LogP contribution in [0.2, 0.25) is 0 Å². The second-order valence-corrected chi connectivity index (χ2v) is 8.74. The molecule has 2 heterocycles. The summed E-state index contributed by atoms with van der Waals surface area (Å²) in [6, 6.07) is 19.0. The first-order valence-corrected chi connectivity index (χ1v) is 12.0. The molecule has 2 aliphatic heterocycles. The summed E-state index contributed by atoms with van der Waals surface area (Å²) in [5.74, 6) is 1.23. The van der Waals surface area contributed by atoms with Crippen LogP contribution in [-0.4, -0.2) is 72.9 Å². The molecule has 0 spiro atoms. The van der Waals surface area contributed by atoms with Gasteiger partial charge in [-0.2, -0.15) is 0 Å². The van der Waals surface area contributed by atoms with E-state index in [2.05, 4.69) is 80.8 Å². The van der Waals surface area contributed by atoms with Gasteiger partial charge in [0.2, 0.25) is 5.91 Å². The summed E-state index contributed by atoms with van der Waals surface area (Å²) in [5.41, 5.74) is 3.65. The molecular formula is C27H36IN5O. The number of carbonyl (C=O) groups is 1. The fourth-order valence-corrected chi connectivity index (χ4v) is 4.49. The number of hydrogen-bond donors (Lipinski definition) is 1. The average molecular weight is 574 g/mol. The Morgan fingerprint density at radius 1 is 1.00 bits per heavy atom. The van der Waals surface area contributed by atoms with Gasteiger partial charge in [0.05, 0.1) is 0 Å². The molecule has 34 heavy (non-hydrogen) atoms. The summed E-state index contributed by atoms with van der Waals surface area (Å²) in [7, 11) is 1.85. The van der Waals surface area contributed by atoms with Crippen molar-refractivity contribution in [1.82, 2.24) is 20.0 Å². The Morgan fingerprint density at radius 2 is 1.76 bits per heavy atom. The lowest BCUT2D eigenvalue weighted by molar-refractivity contribution is -0.128. The van der Waals surface area contributed by atoms with Gasteiger partial charge in [0.15, 0.2) is 5.96 Å². The lowest BCUT2D eigenvalue weighted by Crippen LogP contribution is -2.52. The number of halogens is 1. The molecule has 4 rings (SSSR count). The molecule has 0 unspecified atom stereocenters. The van der Waals surface area contributed by atoms with Crippen molar-refractivity contribution < 1.29 is 4.79 Å². The molecule has 182 valence electrons. The second-order valence-electron chi connectivity index (χ2n) is 8.74. The molecule has 1 N–H and O–H groups in total. The number of piperazine rings is 1. The number of nitrogens with zero attached hydrogens (tertiary/aromatic N) is 4. The van der Waals surface area contributed by atoms with Gasteiger partial charge in [-0.1, -0.05) is 66.7 Å². The highest BCUT2D eigenvalue weighted by molar-refractivity contribution is 14.0. The van der Waals surface area contributed by atoms with E-state index in [1.165, 1.54) is 16.7 Å².